The van der Waals surface area contributed by atoms with E-state index in [0.29, 0.717) is 44.5 Å². The molecule has 66 heavy (non-hydrogen) atoms. The van der Waals surface area contributed by atoms with E-state index in [0.717, 1.165) is 0 Å². The molecule has 8 rings (SSSR count). The molecule has 0 heterocycles. The van der Waals surface area contributed by atoms with Crippen molar-refractivity contribution in [2.24, 2.45) is 0 Å². The summed E-state index contributed by atoms with van der Waals surface area (Å²) in [5.41, 5.74) is -3.38. The summed E-state index contributed by atoms with van der Waals surface area (Å²) in [6.07, 6.45) is 0. The Morgan fingerprint density at radius 1 is 0.212 bits per heavy atom. The quantitative estimate of drug-likeness (QED) is 0.115. The Labute approximate surface area is 386 Å². The van der Waals surface area contributed by atoms with E-state index in [9.17, 15) is 20.4 Å². The molecule has 0 saturated heterocycles. The average molecular weight is 853 g/mol. The molecule has 0 aliphatic heterocycles. The summed E-state index contributed by atoms with van der Waals surface area (Å²) in [7, 11) is 0. The van der Waals surface area contributed by atoms with Crippen LogP contribution in [0.15, 0.2) is 254 Å². The minimum absolute atomic E-state index is 0.0116. The first-order valence-corrected chi connectivity index (χ1v) is 21.4. The van der Waals surface area contributed by atoms with Crippen LogP contribution in [-0.2, 0) is 22.4 Å². The molecule has 4 nitrogen and oxygen atoms in total. The van der Waals surface area contributed by atoms with Crippen LogP contribution in [-0.4, -0.2) is 20.4 Å². The molecule has 4 heteroatoms. The van der Waals surface area contributed by atoms with Gasteiger partial charge in [0.1, 0.15) is 0 Å². The molecule has 8 aromatic carbocycles. The second-order valence-corrected chi connectivity index (χ2v) is 15.5. The van der Waals surface area contributed by atoms with Crippen molar-refractivity contribution in [2.75, 3.05) is 0 Å². The van der Waals surface area contributed by atoms with Crippen molar-refractivity contribution in [1.82, 2.24) is 0 Å². The fourth-order valence-electron chi connectivity index (χ4n) is 7.60. The fraction of sp³-hybridized carbons (Fsp3) is 0.0645. The lowest BCUT2D eigenvalue weighted by atomic mass is 9.85. The van der Waals surface area contributed by atoms with E-state index in [2.05, 4.69) is 47.4 Å². The summed E-state index contributed by atoms with van der Waals surface area (Å²) in [6.45, 7) is 0. The Morgan fingerprint density at radius 3 is 0.455 bits per heavy atom. The van der Waals surface area contributed by atoms with E-state index in [1.54, 1.807) is 97.1 Å². The van der Waals surface area contributed by atoms with E-state index in [1.807, 2.05) is 146 Å². The normalized spacial score (nSPS) is 11.2. The standard InChI is InChI=1S/C62H44O4/c63-59(51-25-9-1-10-26-51,52-27-11-2-12-28-52)45-41-49(42-46-60(64,53-29-13-3-14-30-53)54-31-15-4-16-32-54)50(43-47-61(65,55-33-17-5-18-34-55)56-35-19-6-20-36-56)44-48-62(66,57-37-21-7-22-38-57)58-39-23-8-24-40-58/h1-40,63-66H. The van der Waals surface area contributed by atoms with E-state index < -0.39 is 22.4 Å². The van der Waals surface area contributed by atoms with Crippen molar-refractivity contribution in [3.05, 3.63) is 298 Å². The zero-order chi connectivity index (χ0) is 45.7. The number of hydrogen-bond acceptors (Lipinski definition) is 4. The molecular weight excluding hydrogens is 809 g/mol. The lowest BCUT2D eigenvalue weighted by molar-refractivity contribution is 0.144. The van der Waals surface area contributed by atoms with Crippen molar-refractivity contribution in [3.8, 4) is 47.4 Å². The summed E-state index contributed by atoms with van der Waals surface area (Å²) in [4.78, 5) is 0. The van der Waals surface area contributed by atoms with E-state index >= 15 is 0 Å². The second-order valence-electron chi connectivity index (χ2n) is 15.5. The molecule has 316 valence electrons. The average Bonchev–Trinajstić information content (AvgIpc) is 3.40. The van der Waals surface area contributed by atoms with Crippen molar-refractivity contribution in [2.45, 2.75) is 22.4 Å². The predicted molar refractivity (Wildman–Crippen MR) is 262 cm³/mol. The van der Waals surface area contributed by atoms with Gasteiger partial charge in [0.15, 0.2) is 22.4 Å². The van der Waals surface area contributed by atoms with Gasteiger partial charge in [-0.05, 0) is 0 Å². The zero-order valence-electron chi connectivity index (χ0n) is 35.9. The predicted octanol–water partition coefficient (Wildman–Crippen LogP) is 10.0. The lowest BCUT2D eigenvalue weighted by Gasteiger charge is -2.24. The minimum Gasteiger partial charge on any atom is -0.369 e. The largest absolute Gasteiger partial charge is 0.369 e. The molecule has 0 fully saturated rings. The van der Waals surface area contributed by atoms with Crippen LogP contribution in [0.3, 0.4) is 0 Å². The maximum atomic E-state index is 12.7. The van der Waals surface area contributed by atoms with Crippen LogP contribution in [0.25, 0.3) is 0 Å². The van der Waals surface area contributed by atoms with Gasteiger partial charge in [-0.25, -0.2) is 0 Å². The van der Waals surface area contributed by atoms with Crippen LogP contribution >= 0.6 is 0 Å². The fourth-order valence-corrected chi connectivity index (χ4v) is 7.60. The molecule has 0 atom stereocenters. The Balaban J connectivity index is 1.49. The van der Waals surface area contributed by atoms with Crippen molar-refractivity contribution in [1.29, 1.82) is 0 Å². The lowest BCUT2D eigenvalue weighted by Crippen LogP contribution is -2.26. The van der Waals surface area contributed by atoms with E-state index in [1.165, 1.54) is 0 Å². The van der Waals surface area contributed by atoms with E-state index in [-0.39, 0.29) is 11.1 Å². The Morgan fingerprint density at radius 2 is 0.333 bits per heavy atom. The number of benzene rings is 8. The number of rotatable bonds is 8. The van der Waals surface area contributed by atoms with Gasteiger partial charge < -0.3 is 20.4 Å². The molecule has 0 aliphatic carbocycles. The van der Waals surface area contributed by atoms with Gasteiger partial charge in [0.05, 0.1) is 11.1 Å². The van der Waals surface area contributed by atoms with Crippen LogP contribution in [0.2, 0.25) is 0 Å². The first kappa shape index (κ1) is 44.2. The number of allylic oxidation sites excluding steroid dienone is 2. The van der Waals surface area contributed by atoms with Gasteiger partial charge in [-0.3, -0.25) is 0 Å². The maximum Gasteiger partial charge on any atom is 0.177 e. The maximum absolute atomic E-state index is 12.7. The molecule has 0 bridgehead atoms. The SMILES string of the molecule is OC(C#CC(C#CC(O)(c1ccccc1)c1ccccc1)=C(C#CC(O)(c1ccccc1)c1ccccc1)C#CC(O)(c1ccccc1)c1ccccc1)(c1ccccc1)c1ccccc1. The van der Waals surface area contributed by atoms with Crippen LogP contribution in [0.4, 0.5) is 0 Å². The minimum atomic E-state index is -1.86. The molecule has 0 aromatic heterocycles. The van der Waals surface area contributed by atoms with Gasteiger partial charge in [0, 0.05) is 44.5 Å². The summed E-state index contributed by atoms with van der Waals surface area (Å²) >= 11 is 0. The summed E-state index contributed by atoms with van der Waals surface area (Å²) in [6, 6.07) is 72.7. The summed E-state index contributed by atoms with van der Waals surface area (Å²) < 4.78 is 0. The Hall–Kier alpha value is -8.42. The van der Waals surface area contributed by atoms with Gasteiger partial charge in [-0.1, -0.05) is 290 Å². The van der Waals surface area contributed by atoms with Gasteiger partial charge >= 0.3 is 0 Å². The molecule has 0 saturated carbocycles. The highest BCUT2D eigenvalue weighted by atomic mass is 16.3. The third-order valence-corrected chi connectivity index (χ3v) is 11.3. The third kappa shape index (κ3) is 9.56. The number of hydrogen-bond donors (Lipinski definition) is 4. The van der Waals surface area contributed by atoms with Crippen LogP contribution in [0, 0.1) is 47.4 Å². The smallest absolute Gasteiger partial charge is 0.177 e. The van der Waals surface area contributed by atoms with Crippen molar-refractivity contribution >= 4 is 0 Å². The first-order chi connectivity index (χ1) is 32.2. The Kier molecular flexibility index (Phi) is 13.4. The molecule has 0 radical (unpaired) electrons. The molecule has 4 N–H and O–H groups in total. The van der Waals surface area contributed by atoms with Gasteiger partial charge in [-0.15, -0.1) is 0 Å². The molecule has 0 amide bonds. The molecule has 0 unspecified atom stereocenters. The van der Waals surface area contributed by atoms with Gasteiger partial charge in [0.2, 0.25) is 0 Å². The molecule has 0 aliphatic rings. The highest BCUT2D eigenvalue weighted by Crippen LogP contribution is 2.33. The molecular formula is C62H44O4. The van der Waals surface area contributed by atoms with Crippen molar-refractivity contribution in [3.63, 3.8) is 0 Å². The second kappa shape index (κ2) is 20.0. The van der Waals surface area contributed by atoms with Gasteiger partial charge in [0.25, 0.3) is 0 Å². The topological polar surface area (TPSA) is 80.9 Å². The summed E-state index contributed by atoms with van der Waals surface area (Å²) in [5.74, 6) is 25.4. The van der Waals surface area contributed by atoms with Crippen LogP contribution < -0.4 is 0 Å². The monoisotopic (exact) mass is 852 g/mol. The molecule has 8 aromatic rings. The van der Waals surface area contributed by atoms with Gasteiger partial charge in [-0.2, -0.15) is 0 Å². The highest BCUT2D eigenvalue weighted by Gasteiger charge is 2.33. The molecule has 0 spiro atoms. The first-order valence-electron chi connectivity index (χ1n) is 21.4. The zero-order valence-corrected chi connectivity index (χ0v) is 35.9. The summed E-state index contributed by atoms with van der Waals surface area (Å²) in [5, 5.41) is 50.9. The van der Waals surface area contributed by atoms with E-state index in [4.69, 9.17) is 0 Å². The Bertz CT molecular complexity index is 2570. The third-order valence-electron chi connectivity index (χ3n) is 11.3. The van der Waals surface area contributed by atoms with Crippen LogP contribution in [0.1, 0.15) is 44.5 Å². The highest BCUT2D eigenvalue weighted by molar-refractivity contribution is 5.65. The van der Waals surface area contributed by atoms with Crippen molar-refractivity contribution < 1.29 is 20.4 Å². The van der Waals surface area contributed by atoms with Crippen LogP contribution in [0.5, 0.6) is 0 Å². The number of aliphatic hydroxyl groups is 4.